The molecule has 0 bridgehead atoms. The molecule has 220 valence electrons. The average Bonchev–Trinajstić information content (AvgIpc) is 3.23. The molecule has 41 heavy (non-hydrogen) atoms. The summed E-state index contributed by atoms with van der Waals surface area (Å²) in [4.78, 5) is 16.9. The Kier molecular flexibility index (Phi) is 8.88. The van der Waals surface area contributed by atoms with Gasteiger partial charge in [0.2, 0.25) is 0 Å². The highest BCUT2D eigenvalue weighted by Gasteiger charge is 2.37. The molecule has 0 spiro atoms. The van der Waals surface area contributed by atoms with Crippen molar-refractivity contribution in [2.75, 3.05) is 43.4 Å². The van der Waals surface area contributed by atoms with Crippen LogP contribution < -0.4 is 21.8 Å². The molecule has 1 saturated heterocycles. The molecule has 4 rings (SSSR count). The van der Waals surface area contributed by atoms with Gasteiger partial charge in [0.15, 0.2) is 5.82 Å². The van der Waals surface area contributed by atoms with Gasteiger partial charge < -0.3 is 20.9 Å². The van der Waals surface area contributed by atoms with Crippen LogP contribution in [0.4, 0.5) is 28.9 Å². The molecule has 1 aliphatic carbocycles. The van der Waals surface area contributed by atoms with Gasteiger partial charge in [-0.05, 0) is 43.7 Å². The van der Waals surface area contributed by atoms with Crippen LogP contribution in [-0.4, -0.2) is 58.8 Å². The van der Waals surface area contributed by atoms with E-state index in [9.17, 15) is 18.0 Å². The predicted octanol–water partition coefficient (Wildman–Crippen LogP) is 3.95. The highest BCUT2D eigenvalue weighted by Crippen LogP contribution is 2.38. The number of allylic oxidation sites excluding steroid dienone is 3. The van der Waals surface area contributed by atoms with Gasteiger partial charge in [0.1, 0.15) is 0 Å². The van der Waals surface area contributed by atoms with Gasteiger partial charge in [-0.3, -0.25) is 14.5 Å². The first-order valence-corrected chi connectivity index (χ1v) is 13.1. The number of hydrazine groups is 1. The monoisotopic (exact) mass is 574 g/mol. The molecule has 9 nitrogen and oxygen atoms in total. The van der Waals surface area contributed by atoms with Crippen molar-refractivity contribution >= 4 is 23.0 Å². The fourth-order valence-corrected chi connectivity index (χ4v) is 4.69. The van der Waals surface area contributed by atoms with E-state index >= 15 is 4.39 Å². The maximum Gasteiger partial charge on any atom is 0.419 e. The Morgan fingerprint density at radius 3 is 2.49 bits per heavy atom. The predicted molar refractivity (Wildman–Crippen MR) is 150 cm³/mol. The van der Waals surface area contributed by atoms with Crippen LogP contribution in [0.25, 0.3) is 5.70 Å². The number of aryl methyl sites for hydroxylation is 1. The maximum atomic E-state index is 15.1. The Balaban J connectivity index is 1.64. The summed E-state index contributed by atoms with van der Waals surface area (Å²) in [5.41, 5.74) is 6.92. The minimum atomic E-state index is -4.94. The molecule has 1 amide bonds. The molecule has 0 saturated carbocycles. The minimum Gasteiger partial charge on any atom is -0.397 e. The quantitative estimate of drug-likeness (QED) is 0.261. The smallest absolute Gasteiger partial charge is 0.397 e. The maximum absolute atomic E-state index is 15.1. The summed E-state index contributed by atoms with van der Waals surface area (Å²) in [6.07, 6.45) is 5.98. The molecule has 0 unspecified atom stereocenters. The van der Waals surface area contributed by atoms with Crippen molar-refractivity contribution in [2.45, 2.75) is 25.9 Å². The number of carbonyl (C=O) groups is 1. The van der Waals surface area contributed by atoms with Gasteiger partial charge in [-0.1, -0.05) is 19.1 Å². The summed E-state index contributed by atoms with van der Waals surface area (Å²) < 4.78 is 58.0. The molecule has 1 aromatic carbocycles. The number of nitrogens with zero attached hydrogens (tertiary/aromatic N) is 5. The number of anilines is 2. The lowest BCUT2D eigenvalue weighted by atomic mass is 10.1. The average molecular weight is 575 g/mol. The number of halogens is 4. The molecule has 0 atom stereocenters. The summed E-state index contributed by atoms with van der Waals surface area (Å²) in [5, 5.41) is 7.93. The van der Waals surface area contributed by atoms with Crippen LogP contribution in [0.2, 0.25) is 0 Å². The van der Waals surface area contributed by atoms with Gasteiger partial charge in [0, 0.05) is 62.4 Å². The van der Waals surface area contributed by atoms with Crippen molar-refractivity contribution in [3.05, 3.63) is 82.7 Å². The summed E-state index contributed by atoms with van der Waals surface area (Å²) in [5.74, 6) is 4.33. The van der Waals surface area contributed by atoms with Crippen LogP contribution in [-0.2, 0) is 18.0 Å². The van der Waals surface area contributed by atoms with Crippen LogP contribution in [0.3, 0.4) is 0 Å². The van der Waals surface area contributed by atoms with E-state index in [1.165, 1.54) is 17.3 Å². The van der Waals surface area contributed by atoms with E-state index in [4.69, 9.17) is 11.6 Å². The number of aromatic nitrogens is 2. The number of rotatable bonds is 7. The zero-order chi connectivity index (χ0) is 29.9. The SMILES string of the molecule is CCC1=CCC=C(C(=O)Nc2cc(N3CCN(C)CC3)c(F)c(C(F)(F)F)c2)C=C1N(N)/C=C(\N)c1cnn(C)c1. The number of likely N-dealkylation sites (N-methyl/N-ethyl adjacent to an activating group) is 1. The lowest BCUT2D eigenvalue weighted by Gasteiger charge is -2.34. The lowest BCUT2D eigenvalue weighted by molar-refractivity contribution is -0.139. The number of nitrogens with two attached hydrogens (primary N) is 2. The van der Waals surface area contributed by atoms with Crippen molar-refractivity contribution < 1.29 is 22.4 Å². The van der Waals surface area contributed by atoms with Gasteiger partial charge in [0.25, 0.3) is 5.91 Å². The van der Waals surface area contributed by atoms with Crippen molar-refractivity contribution in [3.63, 3.8) is 0 Å². The third-order valence-corrected chi connectivity index (χ3v) is 7.02. The van der Waals surface area contributed by atoms with Crippen LogP contribution in [0.15, 0.2) is 65.8 Å². The van der Waals surface area contributed by atoms with Gasteiger partial charge >= 0.3 is 6.18 Å². The largest absolute Gasteiger partial charge is 0.419 e. The van der Waals surface area contributed by atoms with Crippen molar-refractivity contribution in [1.82, 2.24) is 19.7 Å². The lowest BCUT2D eigenvalue weighted by Crippen LogP contribution is -2.45. The van der Waals surface area contributed by atoms with E-state index in [1.807, 2.05) is 24.9 Å². The molecule has 2 aromatic rings. The number of alkyl halides is 3. The van der Waals surface area contributed by atoms with Crippen molar-refractivity contribution in [2.24, 2.45) is 18.6 Å². The van der Waals surface area contributed by atoms with Crippen molar-refractivity contribution in [3.8, 4) is 0 Å². The Morgan fingerprint density at radius 2 is 1.88 bits per heavy atom. The first-order chi connectivity index (χ1) is 19.4. The number of hydrogen-bond donors (Lipinski definition) is 3. The second-order valence-electron chi connectivity index (χ2n) is 10.0. The van der Waals surface area contributed by atoms with Crippen LogP contribution in [0, 0.1) is 5.82 Å². The normalized spacial score (nSPS) is 17.0. The second-order valence-corrected chi connectivity index (χ2v) is 10.0. The van der Waals surface area contributed by atoms with E-state index in [0.717, 1.165) is 5.57 Å². The fraction of sp³-hybridized carbons (Fsp3) is 0.357. The highest BCUT2D eigenvalue weighted by atomic mass is 19.4. The van der Waals surface area contributed by atoms with Gasteiger partial charge in [0.05, 0.1) is 28.8 Å². The van der Waals surface area contributed by atoms with E-state index in [2.05, 4.69) is 10.4 Å². The first-order valence-electron chi connectivity index (χ1n) is 13.1. The number of amides is 1. The second kappa shape index (κ2) is 12.2. The zero-order valence-corrected chi connectivity index (χ0v) is 23.2. The highest BCUT2D eigenvalue weighted by molar-refractivity contribution is 6.06. The third kappa shape index (κ3) is 6.98. The Bertz CT molecular complexity index is 1410. The summed E-state index contributed by atoms with van der Waals surface area (Å²) in [6.45, 7) is 3.78. The Hall–Kier alpha value is -4.10. The summed E-state index contributed by atoms with van der Waals surface area (Å²) in [7, 11) is 3.64. The number of carbonyl (C=O) groups excluding carboxylic acids is 1. The Morgan fingerprint density at radius 1 is 1.17 bits per heavy atom. The topological polar surface area (TPSA) is 109 Å². The number of hydrogen-bond acceptors (Lipinski definition) is 7. The molecule has 0 radical (unpaired) electrons. The molecule has 1 fully saturated rings. The van der Waals surface area contributed by atoms with E-state index in [0.29, 0.717) is 62.0 Å². The molecule has 1 aromatic heterocycles. The van der Waals surface area contributed by atoms with Crippen LogP contribution in [0.1, 0.15) is 30.9 Å². The summed E-state index contributed by atoms with van der Waals surface area (Å²) in [6, 6.07) is 1.87. The molecular weight excluding hydrogens is 540 g/mol. The molecule has 13 heteroatoms. The molecule has 5 N–H and O–H groups in total. The van der Waals surface area contributed by atoms with Gasteiger partial charge in [-0.2, -0.15) is 18.3 Å². The first kappa shape index (κ1) is 29.9. The fourth-order valence-electron chi connectivity index (χ4n) is 4.69. The Labute approximate surface area is 236 Å². The molecule has 1 aliphatic heterocycles. The van der Waals surface area contributed by atoms with Gasteiger partial charge in [-0.25, -0.2) is 10.2 Å². The molecular formula is C28H34F4N8O. The standard InChI is InChI=1S/C28H34F4N8O/c1-4-18-6-5-7-19(12-24(18)40(34)17-23(33)20-15-35-38(3)16-20)27(41)36-21-13-22(28(30,31)32)26(29)25(14-21)39-10-8-37(2)9-11-39/h6-7,12-17H,4-5,8-11,33-34H2,1-3H3,(H,36,41)/b23-17-. The van der Waals surface area contributed by atoms with Crippen LogP contribution in [0.5, 0.6) is 0 Å². The minimum absolute atomic E-state index is 0.160. The number of nitrogens with one attached hydrogen (secondary N) is 1. The van der Waals surface area contributed by atoms with Gasteiger partial charge in [-0.15, -0.1) is 0 Å². The van der Waals surface area contributed by atoms with Crippen molar-refractivity contribution in [1.29, 1.82) is 0 Å². The summed E-state index contributed by atoms with van der Waals surface area (Å²) >= 11 is 0. The van der Waals surface area contributed by atoms with E-state index < -0.39 is 23.5 Å². The van der Waals surface area contributed by atoms with E-state index in [1.54, 1.807) is 41.2 Å². The zero-order valence-electron chi connectivity index (χ0n) is 23.2. The van der Waals surface area contributed by atoms with E-state index in [-0.39, 0.29) is 16.9 Å². The molecule has 2 heterocycles. The van der Waals surface area contributed by atoms with Crippen LogP contribution >= 0.6 is 0 Å². The molecule has 2 aliphatic rings. The number of benzene rings is 1. The number of piperazine rings is 1. The third-order valence-electron chi connectivity index (χ3n) is 7.02.